The lowest BCUT2D eigenvalue weighted by Gasteiger charge is -2.12. The molecule has 0 heterocycles. The third-order valence-corrected chi connectivity index (χ3v) is 2.02. The zero-order valence-corrected chi connectivity index (χ0v) is 9.71. The minimum atomic E-state index is -0.0981. The molecule has 0 bridgehead atoms. The number of unbranched alkanes of at least 4 members (excludes halogenated alkanes) is 1. The standard InChI is InChI=1S/C12H23O2/c1-5-6-7-14-12(13)9-11(4)8-10(2)3/h10-11H,4-9H2,1-3H3. The van der Waals surface area contributed by atoms with Crippen molar-refractivity contribution in [3.8, 4) is 0 Å². The summed E-state index contributed by atoms with van der Waals surface area (Å²) in [6.07, 6.45) is 3.47. The van der Waals surface area contributed by atoms with Crippen molar-refractivity contribution in [2.75, 3.05) is 6.61 Å². The summed E-state index contributed by atoms with van der Waals surface area (Å²) < 4.78 is 5.06. The molecule has 0 spiro atoms. The fourth-order valence-corrected chi connectivity index (χ4v) is 1.37. The minimum absolute atomic E-state index is 0.0981. The molecule has 0 aliphatic carbocycles. The normalized spacial score (nSPS) is 12.9. The summed E-state index contributed by atoms with van der Waals surface area (Å²) >= 11 is 0. The molecule has 14 heavy (non-hydrogen) atoms. The van der Waals surface area contributed by atoms with Gasteiger partial charge in [0.15, 0.2) is 0 Å². The second-order valence-corrected chi connectivity index (χ2v) is 4.27. The number of carbonyl (C=O) groups is 1. The largest absolute Gasteiger partial charge is 0.466 e. The van der Waals surface area contributed by atoms with Crippen LogP contribution in [-0.2, 0) is 9.53 Å². The maximum atomic E-state index is 11.2. The molecule has 0 aromatic heterocycles. The SMILES string of the molecule is [CH2]C(CC(=O)OCCCC)CC(C)C. The third-order valence-electron chi connectivity index (χ3n) is 2.02. The molecule has 2 nitrogen and oxygen atoms in total. The predicted molar refractivity (Wildman–Crippen MR) is 58.8 cm³/mol. The minimum Gasteiger partial charge on any atom is -0.466 e. The Labute approximate surface area is 88.0 Å². The second kappa shape index (κ2) is 7.84. The van der Waals surface area contributed by atoms with Gasteiger partial charge in [-0.05, 0) is 31.6 Å². The lowest BCUT2D eigenvalue weighted by Crippen LogP contribution is -2.12. The summed E-state index contributed by atoms with van der Waals surface area (Å²) in [5, 5.41) is 0. The van der Waals surface area contributed by atoms with Gasteiger partial charge in [0.05, 0.1) is 6.61 Å². The Bertz CT molecular complexity index is 152. The van der Waals surface area contributed by atoms with Crippen molar-refractivity contribution in [3.63, 3.8) is 0 Å². The molecule has 1 atom stereocenters. The first-order valence-electron chi connectivity index (χ1n) is 5.55. The Morgan fingerprint density at radius 3 is 2.57 bits per heavy atom. The Balaban J connectivity index is 3.50. The van der Waals surface area contributed by atoms with Gasteiger partial charge in [-0.3, -0.25) is 4.79 Å². The molecule has 0 aromatic rings. The molecule has 0 fully saturated rings. The summed E-state index contributed by atoms with van der Waals surface area (Å²) in [5.41, 5.74) is 0. The Morgan fingerprint density at radius 2 is 2.07 bits per heavy atom. The summed E-state index contributed by atoms with van der Waals surface area (Å²) in [6.45, 7) is 10.9. The van der Waals surface area contributed by atoms with Crippen LogP contribution >= 0.6 is 0 Å². The van der Waals surface area contributed by atoms with E-state index in [2.05, 4.69) is 27.7 Å². The van der Waals surface area contributed by atoms with Crippen LogP contribution in [-0.4, -0.2) is 12.6 Å². The zero-order valence-electron chi connectivity index (χ0n) is 9.71. The van der Waals surface area contributed by atoms with Crippen LogP contribution < -0.4 is 0 Å². The molecular weight excluding hydrogens is 176 g/mol. The van der Waals surface area contributed by atoms with Gasteiger partial charge < -0.3 is 4.74 Å². The fraction of sp³-hybridized carbons (Fsp3) is 0.833. The first-order chi connectivity index (χ1) is 6.56. The Kier molecular flexibility index (Phi) is 7.54. The van der Waals surface area contributed by atoms with Crippen LogP contribution in [0.2, 0.25) is 0 Å². The van der Waals surface area contributed by atoms with Gasteiger partial charge in [0.1, 0.15) is 0 Å². The molecular formula is C12H23O2. The van der Waals surface area contributed by atoms with E-state index in [0.29, 0.717) is 18.9 Å². The van der Waals surface area contributed by atoms with Crippen LogP contribution in [0.15, 0.2) is 0 Å². The van der Waals surface area contributed by atoms with Crippen molar-refractivity contribution in [2.24, 2.45) is 11.8 Å². The molecule has 0 amide bonds. The Morgan fingerprint density at radius 1 is 1.43 bits per heavy atom. The zero-order chi connectivity index (χ0) is 11.0. The van der Waals surface area contributed by atoms with Gasteiger partial charge in [-0.15, -0.1) is 0 Å². The van der Waals surface area contributed by atoms with Crippen molar-refractivity contribution in [1.82, 2.24) is 0 Å². The summed E-state index contributed by atoms with van der Waals surface area (Å²) in [7, 11) is 0. The van der Waals surface area contributed by atoms with Crippen molar-refractivity contribution in [2.45, 2.75) is 46.5 Å². The molecule has 0 saturated heterocycles. The van der Waals surface area contributed by atoms with Gasteiger partial charge >= 0.3 is 5.97 Å². The quantitative estimate of drug-likeness (QED) is 0.465. The highest BCUT2D eigenvalue weighted by Gasteiger charge is 2.11. The first kappa shape index (κ1) is 13.5. The van der Waals surface area contributed by atoms with Crippen LogP contribution in [0.3, 0.4) is 0 Å². The molecule has 0 aliphatic heterocycles. The highest BCUT2D eigenvalue weighted by atomic mass is 16.5. The van der Waals surface area contributed by atoms with Crippen molar-refractivity contribution in [1.29, 1.82) is 0 Å². The van der Waals surface area contributed by atoms with E-state index in [1.165, 1.54) is 0 Å². The maximum absolute atomic E-state index is 11.2. The lowest BCUT2D eigenvalue weighted by atomic mass is 9.96. The number of hydrogen-bond donors (Lipinski definition) is 0. The van der Waals surface area contributed by atoms with Crippen molar-refractivity contribution in [3.05, 3.63) is 6.92 Å². The van der Waals surface area contributed by atoms with E-state index >= 15 is 0 Å². The first-order valence-corrected chi connectivity index (χ1v) is 5.55. The molecule has 1 unspecified atom stereocenters. The molecule has 0 N–H and O–H groups in total. The molecule has 0 saturated carbocycles. The van der Waals surface area contributed by atoms with Crippen LogP contribution in [0.4, 0.5) is 0 Å². The molecule has 1 radical (unpaired) electrons. The van der Waals surface area contributed by atoms with Gasteiger partial charge in [-0.1, -0.05) is 27.2 Å². The van der Waals surface area contributed by atoms with Crippen molar-refractivity contribution >= 4 is 5.97 Å². The average molecular weight is 199 g/mol. The van der Waals surface area contributed by atoms with E-state index in [0.717, 1.165) is 19.3 Å². The number of ether oxygens (including phenoxy) is 1. The topological polar surface area (TPSA) is 26.3 Å². The molecule has 0 aliphatic rings. The summed E-state index contributed by atoms with van der Waals surface area (Å²) in [4.78, 5) is 11.2. The molecule has 0 aromatic carbocycles. The second-order valence-electron chi connectivity index (χ2n) is 4.27. The highest BCUT2D eigenvalue weighted by molar-refractivity contribution is 5.69. The number of rotatable bonds is 7. The van der Waals surface area contributed by atoms with E-state index in [4.69, 9.17) is 4.74 Å². The van der Waals surface area contributed by atoms with E-state index in [-0.39, 0.29) is 11.9 Å². The molecule has 2 heteroatoms. The average Bonchev–Trinajstić information content (AvgIpc) is 2.02. The summed E-state index contributed by atoms with van der Waals surface area (Å²) in [6, 6.07) is 0. The van der Waals surface area contributed by atoms with E-state index in [1.54, 1.807) is 0 Å². The highest BCUT2D eigenvalue weighted by Crippen LogP contribution is 2.14. The van der Waals surface area contributed by atoms with Crippen LogP contribution in [0.5, 0.6) is 0 Å². The number of hydrogen-bond acceptors (Lipinski definition) is 2. The fourth-order valence-electron chi connectivity index (χ4n) is 1.37. The van der Waals surface area contributed by atoms with E-state index in [9.17, 15) is 4.79 Å². The molecule has 0 rings (SSSR count). The smallest absolute Gasteiger partial charge is 0.306 e. The summed E-state index contributed by atoms with van der Waals surface area (Å²) in [5.74, 6) is 0.698. The van der Waals surface area contributed by atoms with Gasteiger partial charge in [0.2, 0.25) is 0 Å². The van der Waals surface area contributed by atoms with E-state index in [1.807, 2.05) is 0 Å². The monoisotopic (exact) mass is 199 g/mol. The van der Waals surface area contributed by atoms with Gasteiger partial charge in [-0.25, -0.2) is 0 Å². The van der Waals surface area contributed by atoms with Crippen LogP contribution in [0.1, 0.15) is 46.5 Å². The molecule has 83 valence electrons. The Hall–Kier alpha value is -0.530. The lowest BCUT2D eigenvalue weighted by molar-refractivity contribution is -0.144. The van der Waals surface area contributed by atoms with Gasteiger partial charge in [0, 0.05) is 6.42 Å². The van der Waals surface area contributed by atoms with E-state index < -0.39 is 0 Å². The van der Waals surface area contributed by atoms with Gasteiger partial charge in [0.25, 0.3) is 0 Å². The van der Waals surface area contributed by atoms with Crippen molar-refractivity contribution < 1.29 is 9.53 Å². The number of esters is 1. The number of carbonyl (C=O) groups excluding carboxylic acids is 1. The van der Waals surface area contributed by atoms with Crippen LogP contribution in [0, 0.1) is 18.8 Å². The maximum Gasteiger partial charge on any atom is 0.306 e. The van der Waals surface area contributed by atoms with Crippen LogP contribution in [0.25, 0.3) is 0 Å². The van der Waals surface area contributed by atoms with Gasteiger partial charge in [-0.2, -0.15) is 0 Å². The third kappa shape index (κ3) is 8.09. The predicted octanol–water partition coefficient (Wildman–Crippen LogP) is 3.22.